The highest BCUT2D eigenvalue weighted by molar-refractivity contribution is 7.22. The van der Waals surface area contributed by atoms with Crippen LogP contribution in [0.2, 0.25) is 0 Å². The Morgan fingerprint density at radius 2 is 2.15 bits per heavy atom. The maximum atomic E-state index is 12.3. The van der Waals surface area contributed by atoms with Gasteiger partial charge in [0.1, 0.15) is 0 Å². The number of anilines is 1. The molecule has 3 heterocycles. The number of hydrogen-bond donors (Lipinski definition) is 3. The number of aromatic nitrogens is 1. The van der Waals surface area contributed by atoms with Crippen LogP contribution in [0.25, 0.3) is 10.2 Å². The van der Waals surface area contributed by atoms with Crippen LogP contribution >= 0.6 is 11.3 Å². The third kappa shape index (κ3) is 4.34. The van der Waals surface area contributed by atoms with Gasteiger partial charge in [0.15, 0.2) is 5.13 Å². The maximum Gasteiger partial charge on any atom is 0.220 e. The van der Waals surface area contributed by atoms with Crippen molar-refractivity contribution in [2.24, 2.45) is 5.92 Å². The third-order valence-electron chi connectivity index (χ3n) is 5.26. The van der Waals surface area contributed by atoms with E-state index in [1.165, 1.54) is 4.70 Å². The second-order valence-electron chi connectivity index (χ2n) is 7.34. The van der Waals surface area contributed by atoms with Crippen LogP contribution in [0.1, 0.15) is 32.1 Å². The lowest BCUT2D eigenvalue weighted by Crippen LogP contribution is -2.47. The van der Waals surface area contributed by atoms with Gasteiger partial charge < -0.3 is 10.2 Å². The van der Waals surface area contributed by atoms with Crippen molar-refractivity contribution in [1.82, 2.24) is 21.2 Å². The average molecular weight is 374 g/mol. The zero-order valence-electron chi connectivity index (χ0n) is 15.0. The van der Waals surface area contributed by atoms with Gasteiger partial charge >= 0.3 is 0 Å². The fourth-order valence-corrected chi connectivity index (χ4v) is 4.82. The summed E-state index contributed by atoms with van der Waals surface area (Å²) in [6.07, 6.45) is 4.86. The Hall–Kier alpha value is -1.70. The van der Waals surface area contributed by atoms with E-state index in [4.69, 9.17) is 4.98 Å². The molecule has 1 atom stereocenters. The highest BCUT2D eigenvalue weighted by Crippen LogP contribution is 2.30. The van der Waals surface area contributed by atoms with Gasteiger partial charge in [-0.15, -0.1) is 0 Å². The number of hydrogen-bond acceptors (Lipinski definition) is 6. The molecular formula is C19H27N5OS. The fraction of sp³-hybridized carbons (Fsp3) is 0.579. The molecule has 6 nitrogen and oxygen atoms in total. The van der Waals surface area contributed by atoms with E-state index in [-0.39, 0.29) is 11.9 Å². The molecule has 2 aromatic rings. The zero-order valence-corrected chi connectivity index (χ0v) is 15.9. The first-order valence-electron chi connectivity index (χ1n) is 9.63. The number of fused-ring (bicyclic) bond motifs is 1. The second kappa shape index (κ2) is 8.33. The molecule has 0 bridgehead atoms. The SMILES string of the molecule is O=C(CCCC1CNNC1)NC1CCCN(c2nc3ccccc3s2)C1. The smallest absolute Gasteiger partial charge is 0.220 e. The predicted octanol–water partition coefficient (Wildman–Crippen LogP) is 2.28. The Balaban J connectivity index is 1.27. The number of nitrogens with one attached hydrogen (secondary N) is 3. The minimum Gasteiger partial charge on any atom is -0.352 e. The van der Waals surface area contributed by atoms with E-state index in [2.05, 4.69) is 39.3 Å². The van der Waals surface area contributed by atoms with E-state index in [1.54, 1.807) is 11.3 Å². The van der Waals surface area contributed by atoms with Crippen LogP contribution < -0.4 is 21.1 Å². The van der Waals surface area contributed by atoms with Crippen molar-refractivity contribution in [2.75, 3.05) is 31.1 Å². The predicted molar refractivity (Wildman–Crippen MR) is 106 cm³/mol. The summed E-state index contributed by atoms with van der Waals surface area (Å²) >= 11 is 1.74. The lowest BCUT2D eigenvalue weighted by molar-refractivity contribution is -0.122. The summed E-state index contributed by atoms with van der Waals surface area (Å²) in [6.45, 7) is 3.92. The summed E-state index contributed by atoms with van der Waals surface area (Å²) in [7, 11) is 0. The van der Waals surface area contributed by atoms with E-state index in [0.717, 1.165) is 62.5 Å². The molecule has 0 spiro atoms. The molecule has 1 aromatic heterocycles. The first-order chi connectivity index (χ1) is 12.8. The number of hydrazine groups is 1. The molecule has 2 aliphatic rings. The summed E-state index contributed by atoms with van der Waals surface area (Å²) in [5.41, 5.74) is 7.35. The van der Waals surface area contributed by atoms with E-state index < -0.39 is 0 Å². The molecule has 0 radical (unpaired) electrons. The second-order valence-corrected chi connectivity index (χ2v) is 8.35. The molecule has 1 amide bonds. The van der Waals surface area contributed by atoms with Gasteiger partial charge in [-0.1, -0.05) is 23.5 Å². The average Bonchev–Trinajstić information content (AvgIpc) is 3.31. The molecule has 3 N–H and O–H groups in total. The monoisotopic (exact) mass is 373 g/mol. The molecule has 2 aliphatic heterocycles. The Labute approximate surface area is 158 Å². The zero-order chi connectivity index (χ0) is 17.8. The van der Waals surface area contributed by atoms with Crippen LogP contribution in [-0.4, -0.2) is 43.1 Å². The molecule has 0 saturated carbocycles. The molecule has 0 aliphatic carbocycles. The number of carbonyl (C=O) groups is 1. The lowest BCUT2D eigenvalue weighted by atomic mass is 10.0. The van der Waals surface area contributed by atoms with Crippen molar-refractivity contribution in [3.05, 3.63) is 24.3 Å². The van der Waals surface area contributed by atoms with Crippen molar-refractivity contribution in [3.8, 4) is 0 Å². The largest absolute Gasteiger partial charge is 0.352 e. The van der Waals surface area contributed by atoms with Crippen molar-refractivity contribution in [1.29, 1.82) is 0 Å². The van der Waals surface area contributed by atoms with Crippen LogP contribution in [0.15, 0.2) is 24.3 Å². The number of benzene rings is 1. The topological polar surface area (TPSA) is 69.3 Å². The van der Waals surface area contributed by atoms with Gasteiger partial charge in [0.25, 0.3) is 0 Å². The number of piperidine rings is 1. The van der Waals surface area contributed by atoms with Gasteiger partial charge in [0.2, 0.25) is 5.91 Å². The lowest BCUT2D eigenvalue weighted by Gasteiger charge is -2.33. The quantitative estimate of drug-likeness (QED) is 0.725. The van der Waals surface area contributed by atoms with Gasteiger partial charge in [-0.3, -0.25) is 15.6 Å². The molecule has 7 heteroatoms. The standard InChI is InChI=1S/C19H27N5OS/c25-18(9-3-5-14-11-20-21-12-14)22-15-6-4-10-24(13-15)19-23-16-7-1-2-8-17(16)26-19/h1-2,7-8,14-15,20-21H,3-6,9-13H2,(H,22,25). The Bertz CT molecular complexity index is 709. The highest BCUT2D eigenvalue weighted by Gasteiger charge is 2.23. The first-order valence-corrected chi connectivity index (χ1v) is 10.5. The highest BCUT2D eigenvalue weighted by atomic mass is 32.1. The third-order valence-corrected chi connectivity index (χ3v) is 6.36. The summed E-state index contributed by atoms with van der Waals surface area (Å²) in [6, 6.07) is 8.51. The van der Waals surface area contributed by atoms with Crippen LogP contribution in [0.5, 0.6) is 0 Å². The fourth-order valence-electron chi connectivity index (χ4n) is 3.82. The summed E-state index contributed by atoms with van der Waals surface area (Å²) in [4.78, 5) is 19.4. The number of carbonyl (C=O) groups excluding carboxylic acids is 1. The summed E-state index contributed by atoms with van der Waals surface area (Å²) < 4.78 is 1.23. The van der Waals surface area contributed by atoms with E-state index in [1.807, 2.05) is 6.07 Å². The van der Waals surface area contributed by atoms with Gasteiger partial charge in [-0.2, -0.15) is 0 Å². The van der Waals surface area contributed by atoms with Gasteiger partial charge in [0, 0.05) is 38.6 Å². The minimum atomic E-state index is 0.195. The van der Waals surface area contributed by atoms with Crippen molar-refractivity contribution < 1.29 is 4.79 Å². The Morgan fingerprint density at radius 1 is 1.31 bits per heavy atom. The van der Waals surface area contributed by atoms with Crippen LogP contribution in [-0.2, 0) is 4.79 Å². The number of rotatable bonds is 6. The van der Waals surface area contributed by atoms with Crippen LogP contribution in [0, 0.1) is 5.92 Å². The molecule has 2 saturated heterocycles. The summed E-state index contributed by atoms with van der Waals surface area (Å²) in [5.74, 6) is 0.854. The minimum absolute atomic E-state index is 0.195. The molecule has 26 heavy (non-hydrogen) atoms. The van der Waals surface area contributed by atoms with Crippen molar-refractivity contribution in [3.63, 3.8) is 0 Å². The molecule has 4 rings (SSSR count). The normalized spacial score (nSPS) is 21.4. The van der Waals surface area contributed by atoms with Crippen LogP contribution in [0.3, 0.4) is 0 Å². The van der Waals surface area contributed by atoms with Gasteiger partial charge in [-0.25, -0.2) is 4.98 Å². The van der Waals surface area contributed by atoms with Crippen LogP contribution in [0.4, 0.5) is 5.13 Å². The molecule has 1 aromatic carbocycles. The van der Waals surface area contributed by atoms with Crippen molar-refractivity contribution in [2.45, 2.75) is 38.1 Å². The number of nitrogens with zero attached hydrogens (tertiary/aromatic N) is 2. The van der Waals surface area contributed by atoms with Gasteiger partial charge in [0.05, 0.1) is 10.2 Å². The molecule has 2 fully saturated rings. The number of thiazole rings is 1. The van der Waals surface area contributed by atoms with Crippen molar-refractivity contribution >= 4 is 32.6 Å². The molecule has 140 valence electrons. The Kier molecular flexibility index (Phi) is 5.67. The number of amides is 1. The van der Waals surface area contributed by atoms with Gasteiger partial charge in [-0.05, 0) is 43.7 Å². The van der Waals surface area contributed by atoms with E-state index in [0.29, 0.717) is 12.3 Å². The first kappa shape index (κ1) is 17.7. The van der Waals surface area contributed by atoms with E-state index >= 15 is 0 Å². The van der Waals surface area contributed by atoms with E-state index in [9.17, 15) is 4.79 Å². The number of para-hydroxylation sites is 1. The maximum absolute atomic E-state index is 12.3. The molecule has 1 unspecified atom stereocenters. The molecular weight excluding hydrogens is 346 g/mol. The summed E-state index contributed by atoms with van der Waals surface area (Å²) in [5, 5.41) is 4.32. The Morgan fingerprint density at radius 3 is 3.00 bits per heavy atom.